The second kappa shape index (κ2) is 7.21. The van der Waals surface area contributed by atoms with Gasteiger partial charge in [0.1, 0.15) is 0 Å². The average Bonchev–Trinajstić information content (AvgIpc) is 2.91. The van der Waals surface area contributed by atoms with Crippen molar-refractivity contribution >= 4 is 40.8 Å². The van der Waals surface area contributed by atoms with E-state index in [0.29, 0.717) is 22.3 Å². The molecule has 0 atom stereocenters. The number of thiophene rings is 1. The van der Waals surface area contributed by atoms with E-state index in [4.69, 9.17) is 0 Å². The van der Waals surface area contributed by atoms with Crippen molar-refractivity contribution in [1.29, 1.82) is 0 Å². The molecule has 1 aromatic carbocycles. The minimum atomic E-state index is -2.44. The molecular weight excluding hydrogens is 300 g/mol. The fourth-order valence-corrected chi connectivity index (χ4v) is 2.56. The maximum atomic E-state index is 12.2. The second-order valence-corrected chi connectivity index (χ2v) is 5.78. The number of thioether (sulfide) groups is 1. The number of anilines is 1. The monoisotopic (exact) mass is 311 g/mol. The summed E-state index contributed by atoms with van der Waals surface area (Å²) in [5.74, 6) is -2.70. The van der Waals surface area contributed by atoms with Crippen molar-refractivity contribution in [2.24, 2.45) is 0 Å². The number of amides is 1. The summed E-state index contributed by atoms with van der Waals surface area (Å²) in [6.45, 7) is 0. The molecule has 0 saturated heterocycles. The van der Waals surface area contributed by atoms with Gasteiger partial charge in [-0.15, -0.1) is 11.3 Å². The Balaban J connectivity index is 1.91. The average molecular weight is 311 g/mol. The Morgan fingerprint density at radius 1 is 1.25 bits per heavy atom. The lowest BCUT2D eigenvalue weighted by Crippen LogP contribution is -2.07. The van der Waals surface area contributed by atoms with Gasteiger partial charge >= 0.3 is 0 Å². The Kier molecular flexibility index (Phi) is 5.31. The molecule has 0 spiro atoms. The normalized spacial score (nSPS) is 11.2. The van der Waals surface area contributed by atoms with Crippen molar-refractivity contribution in [2.75, 3.05) is 5.32 Å². The molecule has 0 fully saturated rings. The van der Waals surface area contributed by atoms with E-state index >= 15 is 0 Å². The molecule has 2 aromatic rings. The lowest BCUT2D eigenvalue weighted by Gasteiger charge is -2.04. The van der Waals surface area contributed by atoms with Crippen molar-refractivity contribution in [3.8, 4) is 0 Å². The summed E-state index contributed by atoms with van der Waals surface area (Å²) in [4.78, 5) is 13.1. The summed E-state index contributed by atoms with van der Waals surface area (Å²) >= 11 is 2.01. The first-order valence-corrected chi connectivity index (χ1v) is 7.47. The number of hydrogen-bond donors (Lipinski definition) is 1. The standard InChI is InChI=1S/C14H11F2NOS2/c15-14(16)20-12-5-3-10(4-6-12)17-13(18)8-7-11-2-1-9-19-11/h1-9,14H,(H,17,18). The highest BCUT2D eigenvalue weighted by molar-refractivity contribution is 7.99. The van der Waals surface area contributed by atoms with Crippen LogP contribution in [0.2, 0.25) is 0 Å². The number of carbonyl (C=O) groups excluding carboxylic acids is 1. The first-order valence-electron chi connectivity index (χ1n) is 5.71. The smallest absolute Gasteiger partial charge is 0.288 e. The fraction of sp³-hybridized carbons (Fsp3) is 0.0714. The van der Waals surface area contributed by atoms with Crippen LogP contribution in [0.4, 0.5) is 14.5 Å². The maximum absolute atomic E-state index is 12.2. The SMILES string of the molecule is O=C(C=Cc1cccs1)Nc1ccc(SC(F)F)cc1. The fourth-order valence-electron chi connectivity index (χ4n) is 1.45. The summed E-state index contributed by atoms with van der Waals surface area (Å²) in [7, 11) is 0. The second-order valence-electron chi connectivity index (χ2n) is 3.74. The minimum Gasteiger partial charge on any atom is -0.323 e. The summed E-state index contributed by atoms with van der Waals surface area (Å²) in [6, 6.07) is 10.1. The van der Waals surface area contributed by atoms with Crippen LogP contribution in [0, 0.1) is 0 Å². The lowest BCUT2D eigenvalue weighted by atomic mass is 10.3. The molecular formula is C14H11F2NOS2. The Morgan fingerprint density at radius 2 is 2.00 bits per heavy atom. The zero-order valence-electron chi connectivity index (χ0n) is 10.3. The first kappa shape index (κ1) is 14.7. The number of rotatable bonds is 5. The molecule has 104 valence electrons. The van der Waals surface area contributed by atoms with E-state index in [2.05, 4.69) is 5.32 Å². The van der Waals surface area contributed by atoms with E-state index in [1.165, 1.54) is 17.4 Å². The van der Waals surface area contributed by atoms with Crippen LogP contribution in [-0.4, -0.2) is 11.7 Å². The van der Waals surface area contributed by atoms with Gasteiger partial charge in [0.25, 0.3) is 5.76 Å². The third kappa shape index (κ3) is 4.79. The van der Waals surface area contributed by atoms with E-state index in [0.717, 1.165) is 4.88 Å². The van der Waals surface area contributed by atoms with Gasteiger partial charge in [-0.25, -0.2) is 0 Å². The molecule has 0 aliphatic carbocycles. The van der Waals surface area contributed by atoms with Gasteiger partial charge in [0.15, 0.2) is 0 Å². The van der Waals surface area contributed by atoms with Crippen LogP contribution in [0.15, 0.2) is 52.7 Å². The van der Waals surface area contributed by atoms with Crippen LogP contribution in [0.5, 0.6) is 0 Å². The Hall–Kier alpha value is -1.66. The molecule has 2 nitrogen and oxygen atoms in total. The molecule has 1 amide bonds. The predicted molar refractivity (Wildman–Crippen MR) is 80.3 cm³/mol. The zero-order chi connectivity index (χ0) is 14.4. The van der Waals surface area contributed by atoms with Crippen molar-refractivity contribution in [3.63, 3.8) is 0 Å². The molecule has 2 rings (SSSR count). The van der Waals surface area contributed by atoms with E-state index < -0.39 is 5.76 Å². The quantitative estimate of drug-likeness (QED) is 0.640. The van der Waals surface area contributed by atoms with Gasteiger partial charge in [0.2, 0.25) is 5.91 Å². The van der Waals surface area contributed by atoms with E-state index in [-0.39, 0.29) is 5.91 Å². The zero-order valence-corrected chi connectivity index (χ0v) is 11.9. The van der Waals surface area contributed by atoms with E-state index in [1.54, 1.807) is 30.3 Å². The number of alkyl halides is 2. The molecule has 0 radical (unpaired) electrons. The Labute approximate surface area is 123 Å². The van der Waals surface area contributed by atoms with Crippen LogP contribution in [-0.2, 0) is 4.79 Å². The molecule has 20 heavy (non-hydrogen) atoms. The van der Waals surface area contributed by atoms with Gasteiger partial charge in [0.05, 0.1) is 0 Å². The summed E-state index contributed by atoms with van der Waals surface area (Å²) in [5.41, 5.74) is 0.574. The van der Waals surface area contributed by atoms with Crippen LogP contribution >= 0.6 is 23.1 Å². The molecule has 0 aliphatic heterocycles. The lowest BCUT2D eigenvalue weighted by molar-refractivity contribution is -0.111. The number of hydrogen-bond acceptors (Lipinski definition) is 3. The third-order valence-corrected chi connectivity index (χ3v) is 3.85. The van der Waals surface area contributed by atoms with Gasteiger partial charge in [-0.2, -0.15) is 8.78 Å². The maximum Gasteiger partial charge on any atom is 0.288 e. The molecule has 1 aromatic heterocycles. The van der Waals surface area contributed by atoms with Gasteiger partial charge < -0.3 is 5.32 Å². The van der Waals surface area contributed by atoms with Crippen LogP contribution in [0.1, 0.15) is 4.88 Å². The molecule has 0 bridgehead atoms. The highest BCUT2D eigenvalue weighted by atomic mass is 32.2. The number of carbonyl (C=O) groups is 1. The van der Waals surface area contributed by atoms with E-state index in [1.807, 2.05) is 17.5 Å². The first-order chi connectivity index (χ1) is 9.63. The molecule has 0 unspecified atom stereocenters. The van der Waals surface area contributed by atoms with Crippen molar-refractivity contribution in [1.82, 2.24) is 0 Å². The van der Waals surface area contributed by atoms with Gasteiger partial charge in [-0.05, 0) is 41.8 Å². The van der Waals surface area contributed by atoms with Crippen LogP contribution in [0.3, 0.4) is 0 Å². The molecule has 1 heterocycles. The van der Waals surface area contributed by atoms with Crippen LogP contribution < -0.4 is 5.32 Å². The van der Waals surface area contributed by atoms with E-state index in [9.17, 15) is 13.6 Å². The Bertz CT molecular complexity index is 580. The van der Waals surface area contributed by atoms with Gasteiger partial charge in [-0.3, -0.25) is 4.79 Å². The summed E-state index contributed by atoms with van der Waals surface area (Å²) in [5, 5.41) is 4.59. The van der Waals surface area contributed by atoms with Crippen molar-refractivity contribution in [3.05, 3.63) is 52.7 Å². The summed E-state index contributed by atoms with van der Waals surface area (Å²) in [6.07, 6.45) is 3.16. The number of halogens is 2. The number of benzene rings is 1. The van der Waals surface area contributed by atoms with Crippen molar-refractivity contribution < 1.29 is 13.6 Å². The highest BCUT2D eigenvalue weighted by Crippen LogP contribution is 2.26. The predicted octanol–water partition coefficient (Wildman–Crippen LogP) is 4.71. The van der Waals surface area contributed by atoms with Crippen molar-refractivity contribution in [2.45, 2.75) is 10.7 Å². The third-order valence-electron chi connectivity index (χ3n) is 2.29. The minimum absolute atomic E-state index is 0.257. The topological polar surface area (TPSA) is 29.1 Å². The van der Waals surface area contributed by atoms with Gasteiger partial charge in [-0.1, -0.05) is 17.8 Å². The molecule has 0 saturated carbocycles. The van der Waals surface area contributed by atoms with Crippen LogP contribution in [0.25, 0.3) is 6.08 Å². The summed E-state index contributed by atoms with van der Waals surface area (Å²) < 4.78 is 24.3. The number of nitrogens with one attached hydrogen (secondary N) is 1. The largest absolute Gasteiger partial charge is 0.323 e. The molecule has 1 N–H and O–H groups in total. The highest BCUT2D eigenvalue weighted by Gasteiger charge is 2.05. The molecule has 6 heteroatoms. The molecule has 0 aliphatic rings. The Morgan fingerprint density at radius 3 is 2.60 bits per heavy atom. The van der Waals surface area contributed by atoms with Gasteiger partial charge in [0, 0.05) is 21.5 Å².